The van der Waals surface area contributed by atoms with Gasteiger partial charge >= 0.3 is 0 Å². The van der Waals surface area contributed by atoms with Gasteiger partial charge in [-0.05, 0) is 23.5 Å². The highest BCUT2D eigenvalue weighted by Gasteiger charge is 2.31. The Morgan fingerprint density at radius 3 is 2.67 bits per heavy atom. The van der Waals surface area contributed by atoms with E-state index in [1.165, 1.54) is 12.8 Å². The van der Waals surface area contributed by atoms with Crippen LogP contribution in [0.3, 0.4) is 0 Å². The number of rotatable bonds is 6. The van der Waals surface area contributed by atoms with Crippen molar-refractivity contribution < 1.29 is 0 Å². The first-order valence-corrected chi connectivity index (χ1v) is 8.19. The van der Waals surface area contributed by atoms with Crippen LogP contribution in [0.25, 0.3) is 0 Å². The third kappa shape index (κ3) is 4.48. The van der Waals surface area contributed by atoms with Crippen LogP contribution >= 0.6 is 0 Å². The predicted octanol–water partition coefficient (Wildman–Crippen LogP) is 1.44. The molecule has 0 aromatic carbocycles. The molecule has 1 fully saturated rings. The van der Waals surface area contributed by atoms with E-state index in [9.17, 15) is 0 Å². The summed E-state index contributed by atoms with van der Waals surface area (Å²) in [6.45, 7) is 12.1. The summed E-state index contributed by atoms with van der Waals surface area (Å²) >= 11 is 0. The fourth-order valence-corrected chi connectivity index (χ4v) is 3.09. The van der Waals surface area contributed by atoms with Gasteiger partial charge in [0.25, 0.3) is 0 Å². The van der Waals surface area contributed by atoms with E-state index in [0.29, 0.717) is 23.9 Å². The van der Waals surface area contributed by atoms with Gasteiger partial charge in [-0.2, -0.15) is 4.80 Å². The van der Waals surface area contributed by atoms with Gasteiger partial charge in [0, 0.05) is 25.2 Å². The molecule has 1 aromatic heterocycles. The molecule has 0 radical (unpaired) electrons. The van der Waals surface area contributed by atoms with Crippen molar-refractivity contribution in [3.8, 4) is 0 Å². The maximum absolute atomic E-state index is 4.34. The van der Waals surface area contributed by atoms with Crippen LogP contribution in [0.15, 0.2) is 0 Å². The van der Waals surface area contributed by atoms with Crippen molar-refractivity contribution >= 4 is 0 Å². The molecule has 3 atom stereocenters. The van der Waals surface area contributed by atoms with Crippen molar-refractivity contribution in [1.29, 1.82) is 0 Å². The first kappa shape index (κ1) is 16.4. The van der Waals surface area contributed by atoms with Crippen LogP contribution in [0.5, 0.6) is 0 Å². The van der Waals surface area contributed by atoms with E-state index in [0.717, 1.165) is 25.5 Å². The predicted molar refractivity (Wildman–Crippen MR) is 83.7 cm³/mol. The van der Waals surface area contributed by atoms with Gasteiger partial charge in [-0.3, -0.25) is 4.90 Å². The van der Waals surface area contributed by atoms with Gasteiger partial charge < -0.3 is 5.32 Å². The molecule has 0 aliphatic carbocycles. The molecule has 1 aromatic rings. The lowest BCUT2D eigenvalue weighted by Gasteiger charge is -2.42. The molecule has 0 bridgehead atoms. The van der Waals surface area contributed by atoms with Crippen LogP contribution in [0, 0.1) is 11.8 Å². The summed E-state index contributed by atoms with van der Waals surface area (Å²) in [7, 11) is 1.82. The van der Waals surface area contributed by atoms with Crippen LogP contribution in [0.2, 0.25) is 0 Å². The van der Waals surface area contributed by atoms with Gasteiger partial charge in [0.15, 0.2) is 5.82 Å². The standard InChI is InChI=1S/C15H30N6/c1-6-12(4)14-9-21(10-15-17-19-20(5)18-15)13(8-16-14)7-11(2)3/h11-14,16H,6-10H2,1-5H3. The number of tetrazole rings is 1. The quantitative estimate of drug-likeness (QED) is 0.860. The van der Waals surface area contributed by atoms with Crippen molar-refractivity contribution in [3.63, 3.8) is 0 Å². The Labute approximate surface area is 128 Å². The topological polar surface area (TPSA) is 58.9 Å². The van der Waals surface area contributed by atoms with Crippen molar-refractivity contribution in [2.24, 2.45) is 18.9 Å². The van der Waals surface area contributed by atoms with E-state index in [4.69, 9.17) is 0 Å². The fraction of sp³-hybridized carbons (Fsp3) is 0.933. The monoisotopic (exact) mass is 294 g/mol. The minimum atomic E-state index is 0.564. The molecule has 21 heavy (non-hydrogen) atoms. The maximum Gasteiger partial charge on any atom is 0.188 e. The number of nitrogens with zero attached hydrogens (tertiary/aromatic N) is 5. The number of nitrogens with one attached hydrogen (secondary N) is 1. The second kappa shape index (κ2) is 7.31. The van der Waals surface area contributed by atoms with Crippen molar-refractivity contribution in [1.82, 2.24) is 30.4 Å². The van der Waals surface area contributed by atoms with Crippen LogP contribution < -0.4 is 5.32 Å². The van der Waals surface area contributed by atoms with Gasteiger partial charge in [-0.1, -0.05) is 34.1 Å². The lowest BCUT2D eigenvalue weighted by atomic mass is 9.93. The Morgan fingerprint density at radius 2 is 2.10 bits per heavy atom. The van der Waals surface area contributed by atoms with E-state index >= 15 is 0 Å². The molecule has 2 heterocycles. The van der Waals surface area contributed by atoms with Crippen LogP contribution in [-0.2, 0) is 13.6 Å². The minimum Gasteiger partial charge on any atom is -0.311 e. The summed E-state index contributed by atoms with van der Waals surface area (Å²) in [5.41, 5.74) is 0. The highest BCUT2D eigenvalue weighted by Crippen LogP contribution is 2.21. The summed E-state index contributed by atoms with van der Waals surface area (Å²) in [4.78, 5) is 4.09. The lowest BCUT2D eigenvalue weighted by Crippen LogP contribution is -2.58. The molecule has 3 unspecified atom stereocenters. The zero-order chi connectivity index (χ0) is 15.4. The summed E-state index contributed by atoms with van der Waals surface area (Å²) in [6, 6.07) is 1.13. The Kier molecular flexibility index (Phi) is 5.70. The van der Waals surface area contributed by atoms with E-state index in [-0.39, 0.29) is 0 Å². The van der Waals surface area contributed by atoms with E-state index < -0.39 is 0 Å². The molecule has 1 aliphatic heterocycles. The zero-order valence-electron chi connectivity index (χ0n) is 14.1. The number of hydrogen-bond donors (Lipinski definition) is 1. The molecule has 0 spiro atoms. The summed E-state index contributed by atoms with van der Waals surface area (Å²) < 4.78 is 0. The second-order valence-electron chi connectivity index (χ2n) is 6.81. The third-order valence-corrected chi connectivity index (χ3v) is 4.53. The Balaban J connectivity index is 2.04. The lowest BCUT2D eigenvalue weighted by molar-refractivity contribution is 0.0864. The Hall–Kier alpha value is -1.01. The highest BCUT2D eigenvalue weighted by atomic mass is 15.6. The Bertz CT molecular complexity index is 430. The molecule has 2 rings (SSSR count). The van der Waals surface area contributed by atoms with Crippen molar-refractivity contribution in [2.75, 3.05) is 13.1 Å². The molecule has 120 valence electrons. The Morgan fingerprint density at radius 1 is 1.33 bits per heavy atom. The molecule has 1 N–H and O–H groups in total. The molecular weight excluding hydrogens is 264 g/mol. The van der Waals surface area contributed by atoms with E-state index in [2.05, 4.69) is 53.3 Å². The highest BCUT2D eigenvalue weighted by molar-refractivity contribution is 4.91. The summed E-state index contributed by atoms with van der Waals surface area (Å²) in [6.07, 6.45) is 2.42. The summed E-state index contributed by atoms with van der Waals surface area (Å²) in [5.74, 6) is 2.23. The van der Waals surface area contributed by atoms with E-state index in [1.807, 2.05) is 7.05 Å². The van der Waals surface area contributed by atoms with Gasteiger partial charge in [-0.15, -0.1) is 10.2 Å². The molecule has 0 saturated carbocycles. The number of aromatic nitrogens is 4. The van der Waals surface area contributed by atoms with Gasteiger partial charge in [0.2, 0.25) is 0 Å². The largest absolute Gasteiger partial charge is 0.311 e. The first-order chi connectivity index (χ1) is 9.99. The molecule has 1 saturated heterocycles. The van der Waals surface area contributed by atoms with Crippen LogP contribution in [-0.4, -0.2) is 50.3 Å². The smallest absolute Gasteiger partial charge is 0.188 e. The number of hydrogen-bond acceptors (Lipinski definition) is 5. The molecule has 6 nitrogen and oxygen atoms in total. The molecule has 0 amide bonds. The number of aryl methyl sites for hydroxylation is 1. The average molecular weight is 294 g/mol. The average Bonchev–Trinajstić information content (AvgIpc) is 2.84. The molecule has 6 heteroatoms. The molecular formula is C15H30N6. The first-order valence-electron chi connectivity index (χ1n) is 8.19. The third-order valence-electron chi connectivity index (χ3n) is 4.53. The summed E-state index contributed by atoms with van der Waals surface area (Å²) in [5, 5.41) is 16.2. The van der Waals surface area contributed by atoms with Gasteiger partial charge in [0.05, 0.1) is 13.6 Å². The van der Waals surface area contributed by atoms with Crippen molar-refractivity contribution in [3.05, 3.63) is 5.82 Å². The normalized spacial score (nSPS) is 25.4. The minimum absolute atomic E-state index is 0.564. The zero-order valence-corrected chi connectivity index (χ0v) is 14.1. The van der Waals surface area contributed by atoms with Gasteiger partial charge in [0.1, 0.15) is 0 Å². The number of piperazine rings is 1. The fourth-order valence-electron chi connectivity index (χ4n) is 3.09. The van der Waals surface area contributed by atoms with Gasteiger partial charge in [-0.25, -0.2) is 0 Å². The second-order valence-corrected chi connectivity index (χ2v) is 6.81. The maximum atomic E-state index is 4.34. The van der Waals surface area contributed by atoms with Crippen LogP contribution in [0.1, 0.15) is 46.4 Å². The molecule has 1 aliphatic rings. The SMILES string of the molecule is CCC(C)C1CN(Cc2nnn(C)n2)C(CC(C)C)CN1. The van der Waals surface area contributed by atoms with Crippen LogP contribution in [0.4, 0.5) is 0 Å². The van der Waals surface area contributed by atoms with Crippen molar-refractivity contribution in [2.45, 2.75) is 59.2 Å². The van der Waals surface area contributed by atoms with E-state index in [1.54, 1.807) is 4.80 Å².